The molecule has 6 aromatic rings. The summed E-state index contributed by atoms with van der Waals surface area (Å²) in [6.45, 7) is 0. The Labute approximate surface area is 353 Å². The molecule has 6 aromatic carbocycles. The summed E-state index contributed by atoms with van der Waals surface area (Å²) in [5.41, 5.74) is 2.08. The molecule has 20 nitrogen and oxygen atoms in total. The maximum atomic E-state index is 12.4. The van der Waals surface area contributed by atoms with Gasteiger partial charge in [-0.15, -0.1) is 0 Å². The third-order valence-corrected chi connectivity index (χ3v) is 11.6. The first-order valence-corrected chi connectivity index (χ1v) is 22.9. The van der Waals surface area contributed by atoms with Crippen LogP contribution in [0.15, 0.2) is 194 Å². The number of nitrogens with zero attached hydrogens (tertiary/aromatic N) is 8. The molecule has 6 rings (SSSR count). The van der Waals surface area contributed by atoms with Gasteiger partial charge in [0.25, 0.3) is 40.5 Å². The number of hydrogen-bond acceptors (Lipinski definition) is 16. The normalized spacial score (nSPS) is 13.0. The maximum absolute atomic E-state index is 12.4. The van der Waals surface area contributed by atoms with Crippen molar-refractivity contribution in [1.82, 2.24) is 0 Å². The Morgan fingerprint density at radius 3 is 0.726 bits per heavy atom. The van der Waals surface area contributed by atoms with Crippen LogP contribution in [0.5, 0.6) is 0 Å². The predicted molar refractivity (Wildman–Crippen MR) is 224 cm³/mol. The van der Waals surface area contributed by atoms with Crippen LogP contribution in [0.25, 0.3) is 12.2 Å². The van der Waals surface area contributed by atoms with E-state index in [1.165, 1.54) is 109 Å². The van der Waals surface area contributed by atoms with E-state index in [1.54, 1.807) is 24.3 Å². The van der Waals surface area contributed by atoms with E-state index in [-0.39, 0.29) is 32.3 Å². The van der Waals surface area contributed by atoms with Gasteiger partial charge in [0.2, 0.25) is 0 Å². The minimum Gasteiger partial charge on any atom is -0.282 e. The third-order valence-electron chi connectivity index (χ3n) is 8.08. The van der Waals surface area contributed by atoms with E-state index in [0.717, 1.165) is 12.1 Å². The van der Waals surface area contributed by atoms with Crippen molar-refractivity contribution in [3.63, 3.8) is 0 Å². The van der Waals surface area contributed by atoms with Crippen LogP contribution in [-0.2, 0) is 40.5 Å². The summed E-state index contributed by atoms with van der Waals surface area (Å²) in [5, 5.41) is 32.3. The highest BCUT2D eigenvalue weighted by atomic mass is 32.2. The van der Waals surface area contributed by atoms with Crippen molar-refractivity contribution in [3.05, 3.63) is 145 Å². The van der Waals surface area contributed by atoms with Crippen LogP contribution in [0.2, 0.25) is 0 Å². The smallest absolute Gasteiger partial charge is 0.282 e. The Morgan fingerprint density at radius 2 is 0.500 bits per heavy atom. The zero-order valence-electron chi connectivity index (χ0n) is 31.1. The van der Waals surface area contributed by atoms with Gasteiger partial charge in [-0.3, -0.25) is 18.2 Å². The summed E-state index contributed by atoms with van der Waals surface area (Å²) >= 11 is 0. The van der Waals surface area contributed by atoms with Gasteiger partial charge in [-0.25, -0.2) is 0 Å². The molecule has 0 aliphatic rings. The molecule has 0 unspecified atom stereocenters. The topological polar surface area (TPSA) is 316 Å². The molecule has 316 valence electrons. The van der Waals surface area contributed by atoms with Crippen molar-refractivity contribution in [2.45, 2.75) is 19.6 Å². The van der Waals surface area contributed by atoms with E-state index < -0.39 is 50.3 Å². The molecule has 0 fully saturated rings. The van der Waals surface area contributed by atoms with Crippen LogP contribution in [0.4, 0.5) is 45.5 Å². The summed E-state index contributed by atoms with van der Waals surface area (Å²) in [6, 6.07) is 29.9. The zero-order valence-corrected chi connectivity index (χ0v) is 34.4. The van der Waals surface area contributed by atoms with Crippen molar-refractivity contribution in [3.8, 4) is 0 Å². The average Bonchev–Trinajstić information content (AvgIpc) is 3.22. The summed E-state index contributed by atoms with van der Waals surface area (Å²) in [5.74, 6) is 0. The van der Waals surface area contributed by atoms with Crippen molar-refractivity contribution < 1.29 is 51.9 Å². The molecule has 0 heterocycles. The first-order chi connectivity index (χ1) is 29.2. The van der Waals surface area contributed by atoms with Crippen molar-refractivity contribution in [2.75, 3.05) is 0 Å². The van der Waals surface area contributed by atoms with E-state index in [1.807, 2.05) is 0 Å². The first kappa shape index (κ1) is 44.6. The lowest BCUT2D eigenvalue weighted by molar-refractivity contribution is 0.480. The molecule has 0 aliphatic carbocycles. The number of hydrogen-bond donors (Lipinski definition) is 4. The molecule has 0 aliphatic heterocycles. The molecule has 0 saturated heterocycles. The fourth-order valence-electron chi connectivity index (χ4n) is 5.08. The Hall–Kier alpha value is -6.90. The Morgan fingerprint density at radius 1 is 0.290 bits per heavy atom. The quantitative estimate of drug-likeness (QED) is 0.0450. The molecule has 0 spiro atoms. The van der Waals surface area contributed by atoms with Gasteiger partial charge in [0.05, 0.1) is 55.3 Å². The van der Waals surface area contributed by atoms with Gasteiger partial charge in [0, 0.05) is 0 Å². The van der Waals surface area contributed by atoms with E-state index in [0.29, 0.717) is 34.1 Å². The molecule has 0 atom stereocenters. The van der Waals surface area contributed by atoms with Gasteiger partial charge in [-0.2, -0.15) is 74.6 Å². The summed E-state index contributed by atoms with van der Waals surface area (Å²) in [4.78, 5) is -1.74. The summed E-state index contributed by atoms with van der Waals surface area (Å²) < 4.78 is 132. The highest BCUT2D eigenvalue weighted by Crippen LogP contribution is 2.31. The lowest BCUT2D eigenvalue weighted by Gasteiger charge is -2.06. The van der Waals surface area contributed by atoms with Crippen LogP contribution < -0.4 is 0 Å². The minimum atomic E-state index is -4.84. The molecule has 0 radical (unpaired) electrons. The number of benzene rings is 6. The monoisotopic (exact) mass is 916 g/mol. The molecule has 0 saturated carbocycles. The van der Waals surface area contributed by atoms with E-state index in [9.17, 15) is 42.8 Å². The van der Waals surface area contributed by atoms with E-state index >= 15 is 0 Å². The molecule has 24 heteroatoms. The van der Waals surface area contributed by atoms with E-state index in [4.69, 9.17) is 9.11 Å². The second-order valence-electron chi connectivity index (χ2n) is 12.5. The fourth-order valence-corrected chi connectivity index (χ4v) is 7.44. The summed E-state index contributed by atoms with van der Waals surface area (Å²) in [7, 11) is -18.4. The minimum absolute atomic E-state index is 0.0330. The van der Waals surface area contributed by atoms with Crippen LogP contribution in [0.1, 0.15) is 11.1 Å². The van der Waals surface area contributed by atoms with Crippen molar-refractivity contribution >= 4 is 98.1 Å². The van der Waals surface area contributed by atoms with Crippen molar-refractivity contribution in [1.29, 1.82) is 0 Å². The average molecular weight is 917 g/mol. The zero-order chi connectivity index (χ0) is 44.7. The fraction of sp³-hybridized carbons (Fsp3) is 0. The standard InChI is InChI=1S/C38H28N8O12S4/c47-59(48,49)35-19-15-31(16-20-35)41-39-27-7-11-29(12-8-27)43-45-33-5-3-25(37(23-33)61(53,54)55)1-2-26-4-6-34(24-38(26)62(56,57)58)46-44-30-13-9-28(10-14-30)40-42-32-17-21-36(22-18-32)60(50,51)52/h1-24H,(H,47,48,49)(H,50,51,52)(H,53,54,55)(H,56,57,58)/b2-1-,41-39?,42-40?,45-43?,46-44?. The van der Waals surface area contributed by atoms with Gasteiger partial charge < -0.3 is 0 Å². The summed E-state index contributed by atoms with van der Waals surface area (Å²) in [6.07, 6.45) is 2.41. The lowest BCUT2D eigenvalue weighted by atomic mass is 10.1. The highest BCUT2D eigenvalue weighted by molar-refractivity contribution is 7.86. The lowest BCUT2D eigenvalue weighted by Crippen LogP contribution is -2.01. The second kappa shape index (κ2) is 18.4. The van der Waals surface area contributed by atoms with Crippen LogP contribution in [0, 0.1) is 0 Å². The molecule has 0 amide bonds. The van der Waals surface area contributed by atoms with E-state index in [2.05, 4.69) is 40.9 Å². The second-order valence-corrected chi connectivity index (χ2v) is 18.1. The van der Waals surface area contributed by atoms with Crippen molar-refractivity contribution in [2.24, 2.45) is 40.9 Å². The van der Waals surface area contributed by atoms with Gasteiger partial charge in [0.15, 0.2) is 0 Å². The molecule has 0 bridgehead atoms. The largest absolute Gasteiger partial charge is 0.295 e. The molecular weight excluding hydrogens is 889 g/mol. The Balaban J connectivity index is 1.13. The van der Waals surface area contributed by atoms with Gasteiger partial charge >= 0.3 is 0 Å². The Kier molecular flexibility index (Phi) is 13.2. The SMILES string of the molecule is O=S(=O)(O)c1ccc(N=Nc2ccc(N=Nc3ccc(/C=C\c4ccc(N=Nc5ccc(N=Nc6ccc(S(=O)(=O)O)cc6)cc5)cc4S(=O)(=O)O)c(S(=O)(=O)O)c3)cc2)cc1. The van der Waals surface area contributed by atoms with Gasteiger partial charge in [0.1, 0.15) is 9.79 Å². The molecular formula is C38H28N8O12S4. The van der Waals surface area contributed by atoms with Crippen LogP contribution in [0.3, 0.4) is 0 Å². The predicted octanol–water partition coefficient (Wildman–Crippen LogP) is 10.5. The molecule has 62 heavy (non-hydrogen) atoms. The number of rotatable bonds is 14. The van der Waals surface area contributed by atoms with Gasteiger partial charge in [-0.05, 0) is 132 Å². The van der Waals surface area contributed by atoms with Crippen LogP contribution >= 0.6 is 0 Å². The number of azo groups is 4. The highest BCUT2D eigenvalue weighted by Gasteiger charge is 2.18. The molecule has 4 N–H and O–H groups in total. The molecule has 0 aromatic heterocycles. The maximum Gasteiger partial charge on any atom is 0.295 e. The Bertz CT molecular complexity index is 3030. The first-order valence-electron chi connectivity index (χ1n) is 17.1. The third kappa shape index (κ3) is 12.3. The van der Waals surface area contributed by atoms with Crippen LogP contribution in [-0.4, -0.2) is 51.9 Å². The van der Waals surface area contributed by atoms with Gasteiger partial charge in [-0.1, -0.05) is 24.3 Å².